The number of carbonyl (C=O) groups excluding carboxylic acids is 1. The summed E-state index contributed by atoms with van der Waals surface area (Å²) < 4.78 is 37.8. The van der Waals surface area contributed by atoms with Crippen molar-refractivity contribution in [2.24, 2.45) is 5.73 Å². The van der Waals surface area contributed by atoms with Crippen LogP contribution in [0.4, 0.5) is 13.2 Å². The zero-order valence-corrected chi connectivity index (χ0v) is 9.57. The van der Waals surface area contributed by atoms with E-state index >= 15 is 0 Å². The Hall–Kier alpha value is -1.08. The number of hydrogen-bond acceptors (Lipinski definition) is 3. The summed E-state index contributed by atoms with van der Waals surface area (Å²) in [6.45, 7) is 0. The zero-order chi connectivity index (χ0) is 12.7. The van der Waals surface area contributed by atoms with Crippen LogP contribution in [0.25, 0.3) is 0 Å². The molecule has 3 nitrogen and oxygen atoms in total. The van der Waals surface area contributed by atoms with Gasteiger partial charge in [0, 0.05) is 4.88 Å². The molecule has 1 unspecified atom stereocenters. The third kappa shape index (κ3) is 2.30. The van der Waals surface area contributed by atoms with E-state index in [1.54, 1.807) is 17.5 Å². The van der Waals surface area contributed by atoms with E-state index in [2.05, 4.69) is 0 Å². The van der Waals surface area contributed by atoms with E-state index in [9.17, 15) is 18.0 Å². The van der Waals surface area contributed by atoms with E-state index in [-0.39, 0.29) is 12.8 Å². The molecule has 3 N–H and O–H groups in total. The Morgan fingerprint density at radius 3 is 2.59 bits per heavy atom. The van der Waals surface area contributed by atoms with Crippen molar-refractivity contribution in [1.29, 1.82) is 0 Å². The largest absolute Gasteiger partial charge is 0.411 e. The number of nitrogens with one attached hydrogen (secondary N) is 1. The van der Waals surface area contributed by atoms with Gasteiger partial charge in [-0.1, -0.05) is 6.07 Å². The second-order valence-electron chi connectivity index (χ2n) is 4.06. The molecule has 1 atom stereocenters. The maximum Gasteiger partial charge on any atom is 0.411 e. The number of alkyl halides is 3. The van der Waals surface area contributed by atoms with Crippen LogP contribution in [-0.2, 0) is 4.79 Å². The second kappa shape index (κ2) is 3.99. The zero-order valence-electron chi connectivity index (χ0n) is 8.75. The number of halogens is 3. The molecule has 7 heteroatoms. The first kappa shape index (κ1) is 12.4. The van der Waals surface area contributed by atoms with Gasteiger partial charge in [-0.25, -0.2) is 0 Å². The molecule has 0 aliphatic heterocycles. The van der Waals surface area contributed by atoms with Crippen molar-refractivity contribution in [3.05, 3.63) is 22.4 Å². The molecule has 1 aromatic rings. The van der Waals surface area contributed by atoms with Crippen LogP contribution < -0.4 is 11.1 Å². The van der Waals surface area contributed by atoms with Crippen molar-refractivity contribution in [3.8, 4) is 0 Å². The summed E-state index contributed by atoms with van der Waals surface area (Å²) >= 11 is 1.25. The Bertz CT molecular complexity index is 412. The molecule has 1 fully saturated rings. The topological polar surface area (TPSA) is 55.1 Å². The summed E-state index contributed by atoms with van der Waals surface area (Å²) in [6, 6.07) is 2.29. The van der Waals surface area contributed by atoms with Gasteiger partial charge in [-0.05, 0) is 24.3 Å². The number of carbonyl (C=O) groups is 1. The SMILES string of the molecule is NC(C(=O)NC1(C(F)(F)F)CC1)c1cccs1. The smallest absolute Gasteiger partial charge is 0.340 e. The minimum atomic E-state index is -4.40. The third-order valence-corrected chi connectivity index (χ3v) is 3.74. The molecule has 1 saturated carbocycles. The van der Waals surface area contributed by atoms with E-state index in [0.29, 0.717) is 4.88 Å². The number of thiophene rings is 1. The predicted molar refractivity (Wildman–Crippen MR) is 57.4 cm³/mol. The van der Waals surface area contributed by atoms with E-state index in [1.165, 1.54) is 11.3 Å². The number of amides is 1. The quantitative estimate of drug-likeness (QED) is 0.876. The summed E-state index contributed by atoms with van der Waals surface area (Å²) in [7, 11) is 0. The third-order valence-electron chi connectivity index (χ3n) is 2.79. The van der Waals surface area contributed by atoms with Gasteiger partial charge in [0.25, 0.3) is 0 Å². The molecule has 2 rings (SSSR count). The Morgan fingerprint density at radius 2 is 2.18 bits per heavy atom. The number of rotatable bonds is 3. The van der Waals surface area contributed by atoms with Gasteiger partial charge in [0.1, 0.15) is 11.6 Å². The van der Waals surface area contributed by atoms with Crippen LogP contribution in [0, 0.1) is 0 Å². The first-order valence-corrected chi connectivity index (χ1v) is 5.91. The predicted octanol–water partition coefficient (Wildman–Crippen LogP) is 1.96. The van der Waals surface area contributed by atoms with Crippen molar-refractivity contribution < 1.29 is 18.0 Å². The fourth-order valence-electron chi connectivity index (χ4n) is 1.52. The summed E-state index contributed by atoms with van der Waals surface area (Å²) in [5.74, 6) is -0.776. The normalized spacial score (nSPS) is 19.8. The maximum absolute atomic E-state index is 12.6. The molecule has 0 bridgehead atoms. The van der Waals surface area contributed by atoms with E-state index in [0.717, 1.165) is 0 Å². The van der Waals surface area contributed by atoms with E-state index in [4.69, 9.17) is 5.73 Å². The Labute approximate surface area is 99.8 Å². The molecule has 17 heavy (non-hydrogen) atoms. The maximum atomic E-state index is 12.6. The van der Waals surface area contributed by atoms with Gasteiger partial charge in [0.2, 0.25) is 5.91 Å². The van der Waals surface area contributed by atoms with Gasteiger partial charge < -0.3 is 11.1 Å². The molecule has 0 radical (unpaired) electrons. The van der Waals surface area contributed by atoms with Crippen molar-refractivity contribution in [1.82, 2.24) is 5.32 Å². The highest BCUT2D eigenvalue weighted by Gasteiger charge is 2.64. The summed E-state index contributed by atoms with van der Waals surface area (Å²) in [5, 5.41) is 3.73. The molecule has 94 valence electrons. The van der Waals surface area contributed by atoms with Crippen molar-refractivity contribution in [2.45, 2.75) is 30.6 Å². The highest BCUT2D eigenvalue weighted by Crippen LogP contribution is 2.49. The van der Waals surface area contributed by atoms with Crippen LogP contribution >= 0.6 is 11.3 Å². The average molecular weight is 264 g/mol. The number of hydrogen-bond donors (Lipinski definition) is 2. The van der Waals surface area contributed by atoms with Crippen LogP contribution in [0.2, 0.25) is 0 Å². The lowest BCUT2D eigenvalue weighted by Crippen LogP contribution is -2.50. The molecule has 1 amide bonds. The molecule has 1 aliphatic rings. The minimum absolute atomic E-state index is 0.0700. The minimum Gasteiger partial charge on any atom is -0.340 e. The van der Waals surface area contributed by atoms with Gasteiger partial charge >= 0.3 is 6.18 Å². The molecule has 1 aliphatic carbocycles. The standard InChI is InChI=1S/C10H11F3N2OS/c11-10(12,13)9(3-4-9)15-8(16)7(14)6-2-1-5-17-6/h1-2,5,7H,3-4,14H2,(H,15,16). The van der Waals surface area contributed by atoms with E-state index < -0.39 is 23.7 Å². The molecule has 0 spiro atoms. The molecule has 0 saturated heterocycles. The Balaban J connectivity index is 2.03. The molecular formula is C10H11F3N2OS. The van der Waals surface area contributed by atoms with Crippen molar-refractivity contribution in [3.63, 3.8) is 0 Å². The second-order valence-corrected chi connectivity index (χ2v) is 5.04. The lowest BCUT2D eigenvalue weighted by Gasteiger charge is -2.22. The van der Waals surface area contributed by atoms with Crippen LogP contribution in [0.5, 0.6) is 0 Å². The fraction of sp³-hybridized carbons (Fsp3) is 0.500. The van der Waals surface area contributed by atoms with Gasteiger partial charge in [-0.2, -0.15) is 13.2 Å². The van der Waals surface area contributed by atoms with Crippen LogP contribution in [0.15, 0.2) is 17.5 Å². The van der Waals surface area contributed by atoms with Gasteiger partial charge in [-0.3, -0.25) is 4.79 Å². The molecular weight excluding hydrogens is 253 g/mol. The summed E-state index contributed by atoms with van der Waals surface area (Å²) in [6.07, 6.45) is -4.55. The Morgan fingerprint density at radius 1 is 1.53 bits per heavy atom. The lowest BCUT2D eigenvalue weighted by atomic mass is 10.2. The average Bonchev–Trinajstić information content (AvgIpc) is 2.83. The molecule has 1 aromatic heterocycles. The lowest BCUT2D eigenvalue weighted by molar-refractivity contribution is -0.170. The van der Waals surface area contributed by atoms with Gasteiger partial charge in [-0.15, -0.1) is 11.3 Å². The first-order valence-electron chi connectivity index (χ1n) is 5.03. The van der Waals surface area contributed by atoms with E-state index in [1.807, 2.05) is 5.32 Å². The summed E-state index contributed by atoms with van der Waals surface area (Å²) in [4.78, 5) is 12.2. The van der Waals surface area contributed by atoms with Crippen LogP contribution in [0.3, 0.4) is 0 Å². The molecule has 1 heterocycles. The van der Waals surface area contributed by atoms with Gasteiger partial charge in [0.05, 0.1) is 0 Å². The Kier molecular flexibility index (Phi) is 2.90. The fourth-order valence-corrected chi connectivity index (χ4v) is 2.24. The number of nitrogens with two attached hydrogens (primary N) is 1. The highest BCUT2D eigenvalue weighted by molar-refractivity contribution is 7.10. The van der Waals surface area contributed by atoms with Gasteiger partial charge in [0.15, 0.2) is 0 Å². The first-order chi connectivity index (χ1) is 7.86. The van der Waals surface area contributed by atoms with Crippen LogP contribution in [-0.4, -0.2) is 17.6 Å². The van der Waals surface area contributed by atoms with Crippen molar-refractivity contribution in [2.75, 3.05) is 0 Å². The summed E-state index contributed by atoms with van der Waals surface area (Å²) in [5.41, 5.74) is 3.55. The van der Waals surface area contributed by atoms with Crippen LogP contribution in [0.1, 0.15) is 23.8 Å². The molecule has 0 aromatic carbocycles. The van der Waals surface area contributed by atoms with Crippen molar-refractivity contribution >= 4 is 17.2 Å². The highest BCUT2D eigenvalue weighted by atomic mass is 32.1. The monoisotopic (exact) mass is 264 g/mol.